The monoisotopic (exact) mass is 458 g/mol. The number of rotatable bonds is 6. The molecule has 4 heterocycles. The van der Waals surface area contributed by atoms with E-state index in [2.05, 4.69) is 25.4 Å². The van der Waals surface area contributed by atoms with Gasteiger partial charge in [-0.25, -0.2) is 14.4 Å². The van der Waals surface area contributed by atoms with Gasteiger partial charge in [0.1, 0.15) is 5.82 Å². The van der Waals surface area contributed by atoms with Crippen LogP contribution in [0.1, 0.15) is 0 Å². The number of benzene rings is 1. The van der Waals surface area contributed by atoms with Crippen molar-refractivity contribution in [1.29, 1.82) is 0 Å². The quantitative estimate of drug-likeness (QED) is 0.377. The first-order chi connectivity index (χ1) is 16.1. The topological polar surface area (TPSA) is 68.5 Å². The number of hydrogen-bond donors (Lipinski definition) is 1. The van der Waals surface area contributed by atoms with Crippen LogP contribution < -0.4 is 5.32 Å². The Hall–Kier alpha value is -3.68. The number of likely N-dealkylation sites (N-methyl/N-ethyl adjacent to an activating group) is 1. The lowest BCUT2D eigenvalue weighted by molar-refractivity contribution is 0.585. The highest BCUT2D eigenvalue weighted by molar-refractivity contribution is 6.30. The molecule has 33 heavy (non-hydrogen) atoms. The van der Waals surface area contributed by atoms with Gasteiger partial charge in [-0.05, 0) is 55.1 Å². The number of fused-ring (bicyclic) bond motifs is 1. The van der Waals surface area contributed by atoms with Crippen molar-refractivity contribution in [1.82, 2.24) is 30.0 Å². The summed E-state index contributed by atoms with van der Waals surface area (Å²) in [4.78, 5) is 13.5. The van der Waals surface area contributed by atoms with Crippen LogP contribution >= 0.6 is 11.6 Å². The van der Waals surface area contributed by atoms with Crippen LogP contribution in [0.15, 0.2) is 73.4 Å². The third-order valence-electron chi connectivity index (χ3n) is 5.40. The first-order valence-corrected chi connectivity index (χ1v) is 10.8. The molecule has 5 aromatic rings. The lowest BCUT2D eigenvalue weighted by Crippen LogP contribution is -2.14. The number of halogens is 2. The molecular formula is C25H20ClFN6. The molecule has 5 rings (SSSR count). The standard InChI is InChI=1S/C25H20ClFN6/c1-28-7-8-33-15-18(14-31-33)16-9-17(13-29-12-16)21-11-24(22-10-19(26)4-5-23(22)27)32-25-20(21)3-2-6-30-25/h2-6,9-15,28H,7-8H2,1H3. The van der Waals surface area contributed by atoms with Crippen molar-refractivity contribution < 1.29 is 4.39 Å². The summed E-state index contributed by atoms with van der Waals surface area (Å²) in [7, 11) is 1.91. The molecule has 0 unspecified atom stereocenters. The van der Waals surface area contributed by atoms with Gasteiger partial charge in [0.2, 0.25) is 0 Å². The molecule has 0 atom stereocenters. The Morgan fingerprint density at radius 3 is 2.76 bits per heavy atom. The second-order valence-corrected chi connectivity index (χ2v) is 8.05. The SMILES string of the molecule is CNCCn1cc(-c2cncc(-c3cc(-c4cc(Cl)ccc4F)nc4ncccc34)c2)cn1. The second-order valence-electron chi connectivity index (χ2n) is 7.61. The van der Waals surface area contributed by atoms with Gasteiger partial charge in [0.25, 0.3) is 0 Å². The van der Waals surface area contributed by atoms with Gasteiger partial charge in [0.05, 0.1) is 18.4 Å². The number of nitrogens with one attached hydrogen (secondary N) is 1. The minimum absolute atomic E-state index is 0.325. The molecule has 1 aromatic carbocycles. The van der Waals surface area contributed by atoms with Crippen molar-refractivity contribution >= 4 is 22.6 Å². The molecule has 4 aromatic heterocycles. The second kappa shape index (κ2) is 9.05. The molecule has 0 saturated carbocycles. The van der Waals surface area contributed by atoms with E-state index in [1.54, 1.807) is 18.5 Å². The zero-order valence-corrected chi connectivity index (χ0v) is 18.6. The molecular weight excluding hydrogens is 439 g/mol. The van der Waals surface area contributed by atoms with Crippen LogP contribution in [0.4, 0.5) is 4.39 Å². The third kappa shape index (κ3) is 4.33. The molecule has 0 radical (unpaired) electrons. The summed E-state index contributed by atoms with van der Waals surface area (Å²) in [5.74, 6) is -0.394. The molecule has 0 saturated heterocycles. The van der Waals surface area contributed by atoms with Gasteiger partial charge in [-0.2, -0.15) is 5.10 Å². The fraction of sp³-hybridized carbons (Fsp3) is 0.120. The number of hydrogen-bond acceptors (Lipinski definition) is 5. The first kappa shape index (κ1) is 21.2. The van der Waals surface area contributed by atoms with Gasteiger partial charge in [-0.15, -0.1) is 0 Å². The summed E-state index contributed by atoms with van der Waals surface area (Å²) in [6.07, 6.45) is 9.09. The molecule has 0 amide bonds. The zero-order chi connectivity index (χ0) is 22.8. The summed E-state index contributed by atoms with van der Waals surface area (Å²) in [6, 6.07) is 12.1. The maximum Gasteiger partial charge on any atom is 0.160 e. The van der Waals surface area contributed by atoms with Crippen LogP contribution in [0.2, 0.25) is 5.02 Å². The van der Waals surface area contributed by atoms with Crippen LogP contribution in [0.3, 0.4) is 0 Å². The van der Waals surface area contributed by atoms with Crippen LogP contribution in [0.5, 0.6) is 0 Å². The highest BCUT2D eigenvalue weighted by atomic mass is 35.5. The molecule has 8 heteroatoms. The zero-order valence-electron chi connectivity index (χ0n) is 17.8. The van der Waals surface area contributed by atoms with Crippen LogP contribution in [0, 0.1) is 5.82 Å². The highest BCUT2D eigenvalue weighted by Gasteiger charge is 2.14. The van der Waals surface area contributed by atoms with E-state index in [-0.39, 0.29) is 0 Å². The van der Waals surface area contributed by atoms with Gasteiger partial charge < -0.3 is 5.32 Å². The van der Waals surface area contributed by atoms with Gasteiger partial charge in [-0.3, -0.25) is 9.67 Å². The molecule has 0 aliphatic heterocycles. The molecule has 0 spiro atoms. The molecule has 0 bridgehead atoms. The van der Waals surface area contributed by atoms with E-state index in [0.717, 1.165) is 40.7 Å². The Bertz CT molecular complexity index is 1450. The normalized spacial score (nSPS) is 11.2. The predicted octanol–water partition coefficient (Wildman–Crippen LogP) is 5.23. The largest absolute Gasteiger partial charge is 0.318 e. The minimum atomic E-state index is -0.394. The van der Waals surface area contributed by atoms with Crippen LogP contribution in [0.25, 0.3) is 44.5 Å². The number of nitrogens with zero attached hydrogens (tertiary/aromatic N) is 5. The minimum Gasteiger partial charge on any atom is -0.318 e. The summed E-state index contributed by atoms with van der Waals surface area (Å²) in [5.41, 5.74) is 4.95. The van der Waals surface area contributed by atoms with Crippen molar-refractivity contribution in [2.24, 2.45) is 0 Å². The Kier molecular flexibility index (Phi) is 5.81. The van der Waals surface area contributed by atoms with E-state index < -0.39 is 5.82 Å². The van der Waals surface area contributed by atoms with Gasteiger partial charge in [0, 0.05) is 64.0 Å². The molecule has 1 N–H and O–H groups in total. The van der Waals surface area contributed by atoms with Crippen LogP contribution in [-0.2, 0) is 6.54 Å². The van der Waals surface area contributed by atoms with E-state index in [9.17, 15) is 4.39 Å². The van der Waals surface area contributed by atoms with Crippen LogP contribution in [-0.4, -0.2) is 38.3 Å². The predicted molar refractivity (Wildman–Crippen MR) is 128 cm³/mol. The average molecular weight is 459 g/mol. The smallest absolute Gasteiger partial charge is 0.160 e. The van der Waals surface area contributed by atoms with Crippen molar-refractivity contribution in [3.8, 4) is 33.5 Å². The van der Waals surface area contributed by atoms with Crippen molar-refractivity contribution in [2.75, 3.05) is 13.6 Å². The number of pyridine rings is 3. The lowest BCUT2D eigenvalue weighted by Gasteiger charge is -2.11. The van der Waals surface area contributed by atoms with Crippen molar-refractivity contribution in [2.45, 2.75) is 6.54 Å². The Morgan fingerprint density at radius 2 is 1.88 bits per heavy atom. The van der Waals surface area contributed by atoms with E-state index >= 15 is 0 Å². The fourth-order valence-corrected chi connectivity index (χ4v) is 3.91. The van der Waals surface area contributed by atoms with E-state index in [4.69, 9.17) is 11.6 Å². The molecule has 0 aliphatic carbocycles. The van der Waals surface area contributed by atoms with Gasteiger partial charge in [-0.1, -0.05) is 11.6 Å². The first-order valence-electron chi connectivity index (χ1n) is 10.5. The molecule has 0 fully saturated rings. The van der Waals surface area contributed by atoms with Crippen molar-refractivity contribution in [3.05, 3.63) is 84.3 Å². The average Bonchev–Trinajstić information content (AvgIpc) is 3.33. The summed E-state index contributed by atoms with van der Waals surface area (Å²) in [5, 5.41) is 8.84. The lowest BCUT2D eigenvalue weighted by atomic mass is 9.99. The van der Waals surface area contributed by atoms with E-state index in [1.807, 2.05) is 54.6 Å². The highest BCUT2D eigenvalue weighted by Crippen LogP contribution is 2.34. The van der Waals surface area contributed by atoms with Gasteiger partial charge >= 0.3 is 0 Å². The maximum atomic E-state index is 14.6. The Morgan fingerprint density at radius 1 is 1.00 bits per heavy atom. The number of aromatic nitrogens is 5. The third-order valence-corrected chi connectivity index (χ3v) is 5.63. The Balaban J connectivity index is 1.63. The molecule has 6 nitrogen and oxygen atoms in total. The maximum absolute atomic E-state index is 14.6. The summed E-state index contributed by atoms with van der Waals surface area (Å²) >= 11 is 6.13. The summed E-state index contributed by atoms with van der Waals surface area (Å²) < 4.78 is 16.5. The molecule has 164 valence electrons. The fourth-order valence-electron chi connectivity index (χ4n) is 3.73. The Labute approximate surface area is 195 Å². The summed E-state index contributed by atoms with van der Waals surface area (Å²) in [6.45, 7) is 1.61. The van der Waals surface area contributed by atoms with Crippen molar-refractivity contribution in [3.63, 3.8) is 0 Å². The van der Waals surface area contributed by atoms with E-state index in [0.29, 0.717) is 21.9 Å². The van der Waals surface area contributed by atoms with E-state index in [1.165, 1.54) is 12.1 Å². The van der Waals surface area contributed by atoms with Gasteiger partial charge in [0.15, 0.2) is 5.65 Å². The molecule has 0 aliphatic rings.